The Morgan fingerprint density at radius 2 is 1.80 bits per heavy atom. The van der Waals surface area contributed by atoms with E-state index in [1.54, 1.807) is 0 Å². The molecular formula is C20H21Cl2N3. The number of halogens is 2. The fourth-order valence-electron chi connectivity index (χ4n) is 3.86. The van der Waals surface area contributed by atoms with Gasteiger partial charge in [0.25, 0.3) is 0 Å². The standard InChI is InChI=1S/C20H21Cl2N3/c21-15-10-17(22)16-12-20(6-8-23-9-7-20)19(25-18(16)11-15)24-13-14-4-2-1-3-5-14/h1-5,10-11,23H,6-9,12-13H2,(H,24,25). The van der Waals surface area contributed by atoms with E-state index in [0.29, 0.717) is 11.6 Å². The first-order valence-electron chi connectivity index (χ1n) is 8.71. The first-order valence-corrected chi connectivity index (χ1v) is 9.46. The molecule has 2 heterocycles. The quantitative estimate of drug-likeness (QED) is 0.782. The van der Waals surface area contributed by atoms with E-state index < -0.39 is 0 Å². The molecule has 1 fully saturated rings. The zero-order chi connectivity index (χ0) is 17.3. The van der Waals surface area contributed by atoms with Crippen LogP contribution in [0.15, 0.2) is 47.5 Å². The monoisotopic (exact) mass is 373 g/mol. The summed E-state index contributed by atoms with van der Waals surface area (Å²) in [6.45, 7) is 2.70. The number of benzene rings is 2. The van der Waals surface area contributed by atoms with Crippen molar-refractivity contribution in [1.82, 2.24) is 5.32 Å². The second-order valence-electron chi connectivity index (χ2n) is 6.90. The zero-order valence-corrected chi connectivity index (χ0v) is 15.5. The minimum absolute atomic E-state index is 0.0322. The fourth-order valence-corrected chi connectivity index (χ4v) is 4.42. The van der Waals surface area contributed by atoms with Gasteiger partial charge in [-0.2, -0.15) is 0 Å². The molecule has 0 aromatic heterocycles. The third-order valence-corrected chi connectivity index (χ3v) is 5.81. The van der Waals surface area contributed by atoms with Crippen molar-refractivity contribution in [2.45, 2.75) is 25.8 Å². The summed E-state index contributed by atoms with van der Waals surface area (Å²) >= 11 is 12.7. The van der Waals surface area contributed by atoms with Crippen LogP contribution >= 0.6 is 23.2 Å². The van der Waals surface area contributed by atoms with E-state index >= 15 is 0 Å². The summed E-state index contributed by atoms with van der Waals surface area (Å²) in [5.74, 6) is 1.07. The summed E-state index contributed by atoms with van der Waals surface area (Å²) in [6.07, 6.45) is 3.04. The predicted molar refractivity (Wildman–Crippen MR) is 106 cm³/mol. The number of nitrogens with one attached hydrogen (secondary N) is 2. The number of fused-ring (bicyclic) bond motifs is 1. The Bertz CT molecular complexity index is 796. The Labute approximate surface area is 158 Å². The maximum Gasteiger partial charge on any atom is 0.108 e. The van der Waals surface area contributed by atoms with Crippen LogP contribution in [0.2, 0.25) is 10.0 Å². The molecule has 0 unspecified atom stereocenters. The molecule has 2 aromatic rings. The van der Waals surface area contributed by atoms with Crippen LogP contribution in [-0.4, -0.2) is 18.9 Å². The summed E-state index contributed by atoms with van der Waals surface area (Å²) in [6, 6.07) is 14.2. The minimum Gasteiger partial charge on any atom is -0.343 e. The summed E-state index contributed by atoms with van der Waals surface area (Å²) < 4.78 is 0. The molecule has 3 nitrogen and oxygen atoms in total. The fraction of sp³-hybridized carbons (Fsp3) is 0.350. The average molecular weight is 374 g/mol. The molecule has 2 aromatic carbocycles. The van der Waals surface area contributed by atoms with Crippen molar-refractivity contribution in [3.05, 3.63) is 63.6 Å². The Morgan fingerprint density at radius 1 is 1.04 bits per heavy atom. The highest BCUT2D eigenvalue weighted by Crippen LogP contribution is 2.44. The second kappa shape index (κ2) is 6.99. The maximum absolute atomic E-state index is 6.49. The van der Waals surface area contributed by atoms with Crippen LogP contribution in [-0.2, 0) is 13.0 Å². The van der Waals surface area contributed by atoms with Crippen LogP contribution < -0.4 is 10.6 Å². The van der Waals surface area contributed by atoms with Gasteiger partial charge < -0.3 is 10.6 Å². The normalized spacial score (nSPS) is 20.3. The van der Waals surface area contributed by atoms with Crippen molar-refractivity contribution in [1.29, 1.82) is 0 Å². The molecule has 25 heavy (non-hydrogen) atoms. The van der Waals surface area contributed by atoms with Gasteiger partial charge in [-0.25, -0.2) is 0 Å². The van der Waals surface area contributed by atoms with Gasteiger partial charge >= 0.3 is 0 Å². The van der Waals surface area contributed by atoms with E-state index in [1.165, 1.54) is 5.56 Å². The molecule has 2 aliphatic rings. The number of anilines is 1. The molecule has 4 rings (SSSR count). The lowest BCUT2D eigenvalue weighted by Gasteiger charge is -2.43. The number of amidine groups is 1. The van der Waals surface area contributed by atoms with E-state index in [4.69, 9.17) is 28.2 Å². The largest absolute Gasteiger partial charge is 0.343 e. The number of aliphatic imine (C=N–C) groups is 1. The summed E-state index contributed by atoms with van der Waals surface area (Å²) in [4.78, 5) is 4.98. The van der Waals surface area contributed by atoms with E-state index in [-0.39, 0.29) is 5.41 Å². The van der Waals surface area contributed by atoms with Crippen LogP contribution in [0.1, 0.15) is 24.0 Å². The Hall–Kier alpha value is -1.55. The Morgan fingerprint density at radius 3 is 2.56 bits per heavy atom. The molecule has 0 amide bonds. The first-order chi connectivity index (χ1) is 12.2. The van der Waals surface area contributed by atoms with Gasteiger partial charge in [0, 0.05) is 21.1 Å². The molecule has 130 valence electrons. The van der Waals surface area contributed by atoms with Gasteiger partial charge in [-0.15, -0.1) is 0 Å². The third kappa shape index (κ3) is 3.41. The van der Waals surface area contributed by atoms with Crippen LogP contribution in [0.5, 0.6) is 0 Å². The van der Waals surface area contributed by atoms with E-state index in [1.807, 2.05) is 18.2 Å². The van der Waals surface area contributed by atoms with Gasteiger partial charge in [0.2, 0.25) is 0 Å². The van der Waals surface area contributed by atoms with Gasteiger partial charge in [-0.05, 0) is 55.6 Å². The molecule has 0 radical (unpaired) electrons. The van der Waals surface area contributed by atoms with E-state index in [9.17, 15) is 0 Å². The number of hydrogen-bond acceptors (Lipinski definition) is 2. The van der Waals surface area contributed by atoms with Crippen LogP contribution in [0.3, 0.4) is 0 Å². The highest BCUT2D eigenvalue weighted by molar-refractivity contribution is 6.36. The lowest BCUT2D eigenvalue weighted by atomic mass is 9.71. The number of hydrogen-bond donors (Lipinski definition) is 2. The number of piperidine rings is 1. The van der Waals surface area contributed by atoms with Gasteiger partial charge in [0.1, 0.15) is 5.84 Å². The highest BCUT2D eigenvalue weighted by atomic mass is 35.5. The summed E-state index contributed by atoms with van der Waals surface area (Å²) in [7, 11) is 0. The van der Waals surface area contributed by atoms with Crippen LogP contribution in [0, 0.1) is 5.41 Å². The Kier molecular flexibility index (Phi) is 4.72. The van der Waals surface area contributed by atoms with Crippen LogP contribution in [0.25, 0.3) is 0 Å². The first kappa shape index (κ1) is 16.9. The van der Waals surface area contributed by atoms with Crippen molar-refractivity contribution >= 4 is 34.7 Å². The lowest BCUT2D eigenvalue weighted by Crippen LogP contribution is -2.48. The minimum atomic E-state index is 0.0322. The molecule has 0 saturated carbocycles. The smallest absolute Gasteiger partial charge is 0.108 e. The average Bonchev–Trinajstić information content (AvgIpc) is 2.62. The molecule has 0 bridgehead atoms. The van der Waals surface area contributed by atoms with Crippen molar-refractivity contribution in [2.75, 3.05) is 18.4 Å². The highest BCUT2D eigenvalue weighted by Gasteiger charge is 2.41. The van der Waals surface area contributed by atoms with Crippen molar-refractivity contribution < 1.29 is 0 Å². The summed E-state index contributed by atoms with van der Waals surface area (Å²) in [5.41, 5.74) is 3.40. The van der Waals surface area contributed by atoms with Crippen molar-refractivity contribution in [2.24, 2.45) is 10.4 Å². The second-order valence-corrected chi connectivity index (χ2v) is 7.74. The molecule has 0 aliphatic carbocycles. The lowest BCUT2D eigenvalue weighted by molar-refractivity contribution is 0.293. The predicted octanol–water partition coefficient (Wildman–Crippen LogP) is 4.93. The molecule has 2 aliphatic heterocycles. The third-order valence-electron chi connectivity index (χ3n) is 5.25. The Balaban J connectivity index is 1.72. The molecule has 1 spiro atoms. The van der Waals surface area contributed by atoms with Gasteiger partial charge in [0.05, 0.1) is 6.54 Å². The van der Waals surface area contributed by atoms with Gasteiger partial charge in [-0.1, -0.05) is 53.5 Å². The molecule has 2 N–H and O–H groups in total. The molecule has 5 heteroatoms. The number of nitrogens with zero attached hydrogens (tertiary/aromatic N) is 1. The molecule has 1 saturated heterocycles. The maximum atomic E-state index is 6.49. The number of rotatable bonds is 2. The summed E-state index contributed by atoms with van der Waals surface area (Å²) in [5, 5.41) is 8.42. The molecular weight excluding hydrogens is 353 g/mol. The van der Waals surface area contributed by atoms with E-state index in [2.05, 4.69) is 34.9 Å². The van der Waals surface area contributed by atoms with Crippen LogP contribution in [0.4, 0.5) is 5.69 Å². The van der Waals surface area contributed by atoms with Gasteiger partial charge in [-0.3, -0.25) is 4.99 Å². The SMILES string of the molecule is Clc1cc(Cl)c2c(c1)NC(=NCc1ccccc1)C1(CCNCC1)C2. The molecule has 0 atom stereocenters. The van der Waals surface area contributed by atoms with Crippen molar-refractivity contribution in [3.8, 4) is 0 Å². The van der Waals surface area contributed by atoms with E-state index in [0.717, 1.165) is 54.5 Å². The van der Waals surface area contributed by atoms with Gasteiger partial charge in [0.15, 0.2) is 0 Å². The zero-order valence-electron chi connectivity index (χ0n) is 14.0. The van der Waals surface area contributed by atoms with Crippen molar-refractivity contribution in [3.63, 3.8) is 0 Å². The topological polar surface area (TPSA) is 36.4 Å².